The maximum atomic E-state index is 12.3. The number of ether oxygens (including phenoxy) is 2. The van der Waals surface area contributed by atoms with Crippen molar-refractivity contribution in [3.63, 3.8) is 0 Å². The Balaban J connectivity index is 1.80. The highest BCUT2D eigenvalue weighted by Gasteiger charge is 2.12. The summed E-state index contributed by atoms with van der Waals surface area (Å²) < 4.78 is 12.6. The molecule has 1 aromatic heterocycles. The Kier molecular flexibility index (Phi) is 5.45. The summed E-state index contributed by atoms with van der Waals surface area (Å²) in [6.45, 7) is 4.20. The van der Waals surface area contributed by atoms with E-state index >= 15 is 0 Å². The number of methoxy groups -OCH3 is 1. The Hall–Kier alpha value is -3.28. The molecule has 3 aromatic rings. The van der Waals surface area contributed by atoms with Gasteiger partial charge < -0.3 is 19.4 Å². The van der Waals surface area contributed by atoms with Crippen LogP contribution in [0.3, 0.4) is 0 Å². The smallest absolute Gasteiger partial charge is 0.262 e. The number of nitrogens with one attached hydrogen (secondary N) is 1. The van der Waals surface area contributed by atoms with Crippen LogP contribution in [0.1, 0.15) is 12.5 Å². The molecule has 3 rings (SSSR count). The number of carbonyl (C=O) groups is 1. The number of para-hydroxylation sites is 1. The van der Waals surface area contributed by atoms with Gasteiger partial charge in [-0.2, -0.15) is 0 Å². The van der Waals surface area contributed by atoms with Crippen LogP contribution < -0.4 is 20.3 Å². The minimum Gasteiger partial charge on any atom is -0.495 e. The van der Waals surface area contributed by atoms with Crippen molar-refractivity contribution < 1.29 is 14.3 Å². The van der Waals surface area contributed by atoms with Crippen molar-refractivity contribution in [1.82, 2.24) is 4.57 Å². The lowest BCUT2D eigenvalue weighted by atomic mass is 10.2. The van der Waals surface area contributed by atoms with Crippen molar-refractivity contribution >= 4 is 22.5 Å². The maximum Gasteiger partial charge on any atom is 0.262 e. The lowest BCUT2D eigenvalue weighted by Gasteiger charge is -2.14. The predicted molar refractivity (Wildman–Crippen MR) is 106 cm³/mol. The molecule has 0 radical (unpaired) electrons. The van der Waals surface area contributed by atoms with Gasteiger partial charge in [-0.3, -0.25) is 9.59 Å². The van der Waals surface area contributed by atoms with Gasteiger partial charge in [0.15, 0.2) is 6.61 Å². The Labute approximate surface area is 157 Å². The number of benzene rings is 2. The topological polar surface area (TPSA) is 69.6 Å². The molecule has 0 fully saturated rings. The van der Waals surface area contributed by atoms with E-state index in [2.05, 4.69) is 5.32 Å². The van der Waals surface area contributed by atoms with Gasteiger partial charge in [0.25, 0.3) is 11.5 Å². The van der Waals surface area contributed by atoms with Crippen molar-refractivity contribution in [2.24, 2.45) is 0 Å². The Morgan fingerprint density at radius 1 is 1.11 bits per heavy atom. The first kappa shape index (κ1) is 18.5. The summed E-state index contributed by atoms with van der Waals surface area (Å²) in [5, 5.41) is 3.58. The van der Waals surface area contributed by atoms with Crippen molar-refractivity contribution in [2.45, 2.75) is 20.4 Å². The molecule has 0 unspecified atom stereocenters. The molecule has 6 heteroatoms. The number of fused-ring (bicyclic) bond motifs is 1. The minimum atomic E-state index is -0.331. The van der Waals surface area contributed by atoms with E-state index in [0.717, 1.165) is 16.5 Å². The monoisotopic (exact) mass is 366 g/mol. The van der Waals surface area contributed by atoms with Gasteiger partial charge >= 0.3 is 0 Å². The molecule has 0 saturated carbocycles. The molecular weight excluding hydrogens is 344 g/mol. The number of carbonyl (C=O) groups excluding carboxylic acids is 1. The fourth-order valence-electron chi connectivity index (χ4n) is 3.00. The first-order valence-electron chi connectivity index (χ1n) is 8.73. The summed E-state index contributed by atoms with van der Waals surface area (Å²) in [6.07, 6.45) is 0. The Bertz CT molecular complexity index is 1040. The lowest BCUT2D eigenvalue weighted by Crippen LogP contribution is -2.23. The maximum absolute atomic E-state index is 12.3. The number of nitrogens with zero attached hydrogens (tertiary/aromatic N) is 1. The molecule has 0 aliphatic heterocycles. The molecule has 0 bridgehead atoms. The zero-order valence-corrected chi connectivity index (χ0v) is 15.6. The van der Waals surface area contributed by atoms with Gasteiger partial charge in [0.1, 0.15) is 11.5 Å². The number of hydrogen-bond acceptors (Lipinski definition) is 4. The second kappa shape index (κ2) is 7.95. The SMILES string of the molecule is CCn1c(=O)cc(OCC(=O)Nc2cc(C)ccc2OC)c2ccccc21. The highest BCUT2D eigenvalue weighted by atomic mass is 16.5. The summed E-state index contributed by atoms with van der Waals surface area (Å²) in [6, 6.07) is 14.4. The molecule has 1 amide bonds. The fraction of sp³-hybridized carbons (Fsp3) is 0.238. The molecule has 2 aromatic carbocycles. The van der Waals surface area contributed by atoms with E-state index in [1.54, 1.807) is 17.7 Å². The summed E-state index contributed by atoms with van der Waals surface area (Å²) >= 11 is 0. The van der Waals surface area contributed by atoms with Gasteiger partial charge in [0.2, 0.25) is 0 Å². The van der Waals surface area contributed by atoms with E-state index in [0.29, 0.717) is 23.7 Å². The molecule has 0 atom stereocenters. The Morgan fingerprint density at radius 2 is 1.89 bits per heavy atom. The quantitative estimate of drug-likeness (QED) is 0.726. The predicted octanol–water partition coefficient (Wildman–Crippen LogP) is 3.36. The second-order valence-electron chi connectivity index (χ2n) is 6.15. The molecule has 0 saturated heterocycles. The van der Waals surface area contributed by atoms with Gasteiger partial charge in [-0.25, -0.2) is 0 Å². The van der Waals surface area contributed by atoms with Crippen LogP contribution in [-0.4, -0.2) is 24.2 Å². The third-order valence-electron chi connectivity index (χ3n) is 4.28. The first-order valence-corrected chi connectivity index (χ1v) is 8.73. The zero-order chi connectivity index (χ0) is 19.4. The minimum absolute atomic E-state index is 0.160. The second-order valence-corrected chi connectivity index (χ2v) is 6.15. The normalized spacial score (nSPS) is 10.6. The number of rotatable bonds is 6. The van der Waals surface area contributed by atoms with Crippen molar-refractivity contribution in [1.29, 1.82) is 0 Å². The van der Waals surface area contributed by atoms with Gasteiger partial charge in [0, 0.05) is 18.0 Å². The van der Waals surface area contributed by atoms with Crippen LogP contribution in [0.4, 0.5) is 5.69 Å². The van der Waals surface area contributed by atoms with Crippen LogP contribution in [0.25, 0.3) is 10.9 Å². The van der Waals surface area contributed by atoms with Gasteiger partial charge in [0.05, 0.1) is 18.3 Å². The number of anilines is 1. The fourth-order valence-corrected chi connectivity index (χ4v) is 3.00. The lowest BCUT2D eigenvalue weighted by molar-refractivity contribution is -0.118. The number of aryl methyl sites for hydroxylation is 2. The van der Waals surface area contributed by atoms with Crippen molar-refractivity contribution in [3.05, 3.63) is 64.4 Å². The summed E-state index contributed by atoms with van der Waals surface area (Å²) in [4.78, 5) is 24.6. The number of amides is 1. The molecule has 0 aliphatic carbocycles. The van der Waals surface area contributed by atoms with E-state index in [-0.39, 0.29) is 18.1 Å². The molecule has 0 spiro atoms. The van der Waals surface area contributed by atoms with Gasteiger partial charge in [-0.1, -0.05) is 18.2 Å². The molecule has 0 aliphatic rings. The average molecular weight is 366 g/mol. The first-order chi connectivity index (χ1) is 13.0. The van der Waals surface area contributed by atoms with Crippen LogP contribution in [0.15, 0.2) is 53.3 Å². The van der Waals surface area contributed by atoms with E-state index in [1.165, 1.54) is 6.07 Å². The molecular formula is C21H22N2O4. The summed E-state index contributed by atoms with van der Waals surface area (Å²) in [5.74, 6) is 0.638. The summed E-state index contributed by atoms with van der Waals surface area (Å²) in [7, 11) is 1.55. The molecule has 140 valence electrons. The number of hydrogen-bond donors (Lipinski definition) is 1. The third-order valence-corrected chi connectivity index (χ3v) is 4.28. The third kappa shape index (κ3) is 3.95. The van der Waals surface area contributed by atoms with Crippen LogP contribution in [0.2, 0.25) is 0 Å². The van der Waals surface area contributed by atoms with E-state index in [9.17, 15) is 9.59 Å². The molecule has 27 heavy (non-hydrogen) atoms. The van der Waals surface area contributed by atoms with Gasteiger partial charge in [-0.05, 0) is 43.7 Å². The van der Waals surface area contributed by atoms with E-state index in [1.807, 2.05) is 50.2 Å². The number of aromatic nitrogens is 1. The van der Waals surface area contributed by atoms with Gasteiger partial charge in [-0.15, -0.1) is 0 Å². The molecule has 6 nitrogen and oxygen atoms in total. The Morgan fingerprint density at radius 3 is 2.63 bits per heavy atom. The van der Waals surface area contributed by atoms with E-state index in [4.69, 9.17) is 9.47 Å². The van der Waals surface area contributed by atoms with E-state index < -0.39 is 0 Å². The van der Waals surface area contributed by atoms with Crippen LogP contribution in [-0.2, 0) is 11.3 Å². The van der Waals surface area contributed by atoms with Crippen LogP contribution in [0.5, 0.6) is 11.5 Å². The highest BCUT2D eigenvalue weighted by molar-refractivity contribution is 5.94. The number of pyridine rings is 1. The summed E-state index contributed by atoms with van der Waals surface area (Å²) in [5.41, 5.74) is 2.20. The largest absolute Gasteiger partial charge is 0.495 e. The van der Waals surface area contributed by atoms with Crippen molar-refractivity contribution in [2.75, 3.05) is 19.0 Å². The highest BCUT2D eigenvalue weighted by Crippen LogP contribution is 2.26. The average Bonchev–Trinajstić information content (AvgIpc) is 2.66. The molecule has 1 heterocycles. The van der Waals surface area contributed by atoms with Crippen LogP contribution in [0, 0.1) is 6.92 Å². The van der Waals surface area contributed by atoms with Crippen molar-refractivity contribution in [3.8, 4) is 11.5 Å². The molecule has 1 N–H and O–H groups in total. The standard InChI is InChI=1S/C21H22N2O4/c1-4-23-17-8-6-5-7-15(17)19(12-21(23)25)27-13-20(24)22-16-11-14(2)9-10-18(16)26-3/h5-12H,4,13H2,1-3H3,(H,22,24). The zero-order valence-electron chi connectivity index (χ0n) is 15.6. The van der Waals surface area contributed by atoms with Crippen LogP contribution >= 0.6 is 0 Å².